The van der Waals surface area contributed by atoms with E-state index in [1.54, 1.807) is 0 Å². The van der Waals surface area contributed by atoms with Crippen LogP contribution in [-0.4, -0.2) is 11.9 Å². The van der Waals surface area contributed by atoms with Gasteiger partial charge in [0.05, 0.1) is 5.56 Å². The van der Waals surface area contributed by atoms with Crippen LogP contribution in [0.2, 0.25) is 5.02 Å². The predicted molar refractivity (Wildman–Crippen MR) is 72.6 cm³/mol. The molecule has 7 heteroatoms. The Kier molecular flexibility index (Phi) is 5.83. The lowest BCUT2D eigenvalue weighted by atomic mass is 10.1. The molecule has 0 aliphatic carbocycles. The number of alkyl halides is 3. The topological polar surface area (TPSA) is 55.1 Å². The van der Waals surface area contributed by atoms with Crippen molar-refractivity contribution in [3.63, 3.8) is 0 Å². The highest BCUT2D eigenvalue weighted by Crippen LogP contribution is 2.33. The number of rotatable bonds is 5. The highest BCUT2D eigenvalue weighted by Gasteiger charge is 2.31. The second kappa shape index (κ2) is 6.95. The van der Waals surface area contributed by atoms with Crippen LogP contribution in [0.25, 0.3) is 0 Å². The van der Waals surface area contributed by atoms with Gasteiger partial charge in [-0.1, -0.05) is 24.9 Å². The summed E-state index contributed by atoms with van der Waals surface area (Å²) in [4.78, 5) is 11.7. The lowest BCUT2D eigenvalue weighted by Crippen LogP contribution is -2.27. The first-order valence-electron chi connectivity index (χ1n) is 6.15. The highest BCUT2D eigenvalue weighted by atomic mass is 35.5. The zero-order valence-corrected chi connectivity index (χ0v) is 11.7. The number of anilines is 1. The second-order valence-corrected chi connectivity index (χ2v) is 4.96. The number of nitrogens with two attached hydrogens (primary N) is 1. The van der Waals surface area contributed by atoms with E-state index < -0.39 is 17.6 Å². The van der Waals surface area contributed by atoms with Gasteiger partial charge < -0.3 is 11.1 Å². The van der Waals surface area contributed by atoms with Crippen LogP contribution in [0.5, 0.6) is 0 Å². The maximum absolute atomic E-state index is 12.6. The van der Waals surface area contributed by atoms with Gasteiger partial charge in [-0.3, -0.25) is 4.79 Å². The van der Waals surface area contributed by atoms with Crippen molar-refractivity contribution < 1.29 is 18.0 Å². The van der Waals surface area contributed by atoms with E-state index in [0.717, 1.165) is 18.6 Å². The summed E-state index contributed by atoms with van der Waals surface area (Å²) in [6.07, 6.45) is -2.94. The molecule has 112 valence electrons. The molecule has 1 aromatic rings. The van der Waals surface area contributed by atoms with Crippen molar-refractivity contribution in [2.75, 3.05) is 5.32 Å². The number of carbonyl (C=O) groups is 1. The molecule has 20 heavy (non-hydrogen) atoms. The van der Waals surface area contributed by atoms with E-state index in [4.69, 9.17) is 17.3 Å². The molecule has 1 amide bonds. The molecule has 0 radical (unpaired) electrons. The molecule has 0 saturated carbocycles. The minimum absolute atomic E-state index is 0.0125. The van der Waals surface area contributed by atoms with E-state index in [1.165, 1.54) is 6.07 Å². The fraction of sp³-hybridized carbons (Fsp3) is 0.462. The number of hydrogen-bond acceptors (Lipinski definition) is 2. The molecule has 1 unspecified atom stereocenters. The first kappa shape index (κ1) is 16.8. The predicted octanol–water partition coefficient (Wildman–Crippen LogP) is 3.81. The largest absolute Gasteiger partial charge is 0.416 e. The van der Waals surface area contributed by atoms with E-state index in [2.05, 4.69) is 5.32 Å². The monoisotopic (exact) mass is 308 g/mol. The molecule has 3 N–H and O–H groups in total. The number of halogens is 4. The van der Waals surface area contributed by atoms with Gasteiger partial charge in [-0.05, 0) is 24.6 Å². The van der Waals surface area contributed by atoms with Crippen molar-refractivity contribution in [3.8, 4) is 0 Å². The Bertz CT molecular complexity index is 477. The van der Waals surface area contributed by atoms with Gasteiger partial charge in [-0.25, -0.2) is 0 Å². The van der Waals surface area contributed by atoms with Gasteiger partial charge >= 0.3 is 6.18 Å². The quantitative estimate of drug-likeness (QED) is 0.869. The van der Waals surface area contributed by atoms with Gasteiger partial charge in [0, 0.05) is 23.2 Å². The summed E-state index contributed by atoms with van der Waals surface area (Å²) >= 11 is 5.62. The molecule has 1 rings (SSSR count). The van der Waals surface area contributed by atoms with Gasteiger partial charge in [0.2, 0.25) is 5.91 Å². The SMILES string of the molecule is CCCC(N)CC(=O)Nc1cc(Cl)cc(C(F)(F)F)c1. The van der Waals surface area contributed by atoms with Crippen LogP contribution in [0.15, 0.2) is 18.2 Å². The molecule has 3 nitrogen and oxygen atoms in total. The zero-order chi connectivity index (χ0) is 15.3. The Morgan fingerprint density at radius 2 is 2.05 bits per heavy atom. The number of benzene rings is 1. The molecule has 0 heterocycles. The van der Waals surface area contributed by atoms with Crippen molar-refractivity contribution >= 4 is 23.2 Å². The molecule has 1 atom stereocenters. The molecule has 0 saturated heterocycles. The first-order chi connectivity index (χ1) is 9.22. The van der Waals surface area contributed by atoms with E-state index in [1.807, 2.05) is 6.92 Å². The third-order valence-electron chi connectivity index (χ3n) is 2.62. The standard InChI is InChI=1S/C13H16ClF3N2O/c1-2-3-10(18)7-12(20)19-11-5-8(13(15,16)17)4-9(14)6-11/h4-6,10H,2-3,7,18H2,1H3,(H,19,20). The molecular formula is C13H16ClF3N2O. The van der Waals surface area contributed by atoms with E-state index >= 15 is 0 Å². The van der Waals surface area contributed by atoms with Crippen LogP contribution >= 0.6 is 11.6 Å². The van der Waals surface area contributed by atoms with Crippen LogP contribution in [0.3, 0.4) is 0 Å². The van der Waals surface area contributed by atoms with Crippen molar-refractivity contribution in [2.45, 2.75) is 38.4 Å². The maximum atomic E-state index is 12.6. The summed E-state index contributed by atoms with van der Waals surface area (Å²) in [7, 11) is 0. The summed E-state index contributed by atoms with van der Waals surface area (Å²) in [6, 6.07) is 2.61. The third-order valence-corrected chi connectivity index (χ3v) is 2.83. The van der Waals surface area contributed by atoms with E-state index in [0.29, 0.717) is 6.42 Å². The Morgan fingerprint density at radius 1 is 1.40 bits per heavy atom. The number of hydrogen-bond donors (Lipinski definition) is 2. The van der Waals surface area contributed by atoms with Crippen molar-refractivity contribution in [3.05, 3.63) is 28.8 Å². The maximum Gasteiger partial charge on any atom is 0.416 e. The number of nitrogens with one attached hydrogen (secondary N) is 1. The van der Waals surface area contributed by atoms with Gasteiger partial charge in [0.1, 0.15) is 0 Å². The van der Waals surface area contributed by atoms with Crippen LogP contribution in [0.4, 0.5) is 18.9 Å². The summed E-state index contributed by atoms with van der Waals surface area (Å²) in [5.74, 6) is -0.429. The van der Waals surface area contributed by atoms with Gasteiger partial charge in [-0.15, -0.1) is 0 Å². The van der Waals surface area contributed by atoms with Gasteiger partial charge in [0.25, 0.3) is 0 Å². The second-order valence-electron chi connectivity index (χ2n) is 4.53. The minimum Gasteiger partial charge on any atom is -0.327 e. The lowest BCUT2D eigenvalue weighted by Gasteiger charge is -2.13. The molecule has 0 fully saturated rings. The molecule has 0 spiro atoms. The summed E-state index contributed by atoms with van der Waals surface area (Å²) in [5.41, 5.74) is 4.81. The third kappa shape index (κ3) is 5.38. The van der Waals surface area contributed by atoms with Crippen LogP contribution < -0.4 is 11.1 Å². The average molecular weight is 309 g/mol. The minimum atomic E-state index is -4.51. The lowest BCUT2D eigenvalue weighted by molar-refractivity contribution is -0.137. The smallest absolute Gasteiger partial charge is 0.327 e. The number of amides is 1. The molecule has 1 aromatic carbocycles. The van der Waals surface area contributed by atoms with E-state index in [9.17, 15) is 18.0 Å². The van der Waals surface area contributed by atoms with Crippen molar-refractivity contribution in [1.29, 1.82) is 0 Å². The first-order valence-corrected chi connectivity index (χ1v) is 6.53. The average Bonchev–Trinajstić information content (AvgIpc) is 2.26. The summed E-state index contributed by atoms with van der Waals surface area (Å²) < 4.78 is 37.8. The Morgan fingerprint density at radius 3 is 2.60 bits per heavy atom. The Labute approximate surface area is 120 Å². The molecule has 0 bridgehead atoms. The Balaban J connectivity index is 2.77. The normalized spacial score (nSPS) is 13.1. The fourth-order valence-corrected chi connectivity index (χ4v) is 1.98. The van der Waals surface area contributed by atoms with E-state index in [-0.39, 0.29) is 23.2 Å². The number of carbonyl (C=O) groups excluding carboxylic acids is 1. The zero-order valence-electron chi connectivity index (χ0n) is 10.9. The Hall–Kier alpha value is -1.27. The fourth-order valence-electron chi connectivity index (χ4n) is 1.75. The highest BCUT2D eigenvalue weighted by molar-refractivity contribution is 6.31. The molecule has 0 aromatic heterocycles. The van der Waals surface area contributed by atoms with Crippen molar-refractivity contribution in [1.82, 2.24) is 0 Å². The van der Waals surface area contributed by atoms with Crippen LogP contribution in [0.1, 0.15) is 31.7 Å². The summed E-state index contributed by atoms with van der Waals surface area (Å²) in [6.45, 7) is 1.93. The molecule has 0 aliphatic heterocycles. The van der Waals surface area contributed by atoms with Crippen LogP contribution in [0, 0.1) is 0 Å². The van der Waals surface area contributed by atoms with Gasteiger partial charge in [-0.2, -0.15) is 13.2 Å². The van der Waals surface area contributed by atoms with Crippen molar-refractivity contribution in [2.24, 2.45) is 5.73 Å². The van der Waals surface area contributed by atoms with Gasteiger partial charge in [0.15, 0.2) is 0 Å². The molecular weight excluding hydrogens is 293 g/mol. The molecule has 0 aliphatic rings. The summed E-state index contributed by atoms with van der Waals surface area (Å²) in [5, 5.41) is 2.29. The van der Waals surface area contributed by atoms with Crippen LogP contribution in [-0.2, 0) is 11.0 Å².